The van der Waals surface area contributed by atoms with E-state index >= 15 is 0 Å². The van der Waals surface area contributed by atoms with Crippen LogP contribution >= 0.6 is 11.3 Å². The van der Waals surface area contributed by atoms with Crippen molar-refractivity contribution < 1.29 is 14.7 Å². The summed E-state index contributed by atoms with van der Waals surface area (Å²) in [6.45, 7) is 1.72. The van der Waals surface area contributed by atoms with Crippen LogP contribution in [0.5, 0.6) is 0 Å². The number of aliphatic hydroxyl groups excluding tert-OH is 1. The standard InChI is InChI=1S/C17H25N3O3S/c1-19(16(22)10-12-4-3-9-24-12)13-5-2-6-14(17(13)23)20-8-7-18-15(21)11-20/h3-4,9,13-14,17,23H,2,5-8,10-11H2,1H3,(H,18,21)/t13-,14-,17-/m1/s1. The van der Waals surface area contributed by atoms with Gasteiger partial charge in [0, 0.05) is 31.1 Å². The molecule has 0 radical (unpaired) electrons. The number of carbonyl (C=O) groups excluding carboxylic acids is 2. The molecule has 2 N–H and O–H groups in total. The van der Waals surface area contributed by atoms with Crippen molar-refractivity contribution in [2.24, 2.45) is 0 Å². The lowest BCUT2D eigenvalue weighted by atomic mass is 9.85. The molecule has 7 heteroatoms. The molecule has 3 rings (SSSR count). The number of amides is 2. The normalized spacial score (nSPS) is 28.4. The molecule has 3 atom stereocenters. The first-order chi connectivity index (χ1) is 11.6. The smallest absolute Gasteiger partial charge is 0.234 e. The molecular weight excluding hydrogens is 326 g/mol. The molecule has 0 spiro atoms. The average Bonchev–Trinajstić information content (AvgIpc) is 3.07. The van der Waals surface area contributed by atoms with Crippen molar-refractivity contribution in [3.8, 4) is 0 Å². The molecule has 1 aromatic heterocycles. The van der Waals surface area contributed by atoms with Gasteiger partial charge in [0.05, 0.1) is 25.1 Å². The molecule has 1 aliphatic heterocycles. The number of hydrogen-bond acceptors (Lipinski definition) is 5. The Labute approximate surface area is 146 Å². The monoisotopic (exact) mass is 351 g/mol. The number of aliphatic hydroxyl groups is 1. The van der Waals surface area contributed by atoms with Gasteiger partial charge < -0.3 is 15.3 Å². The molecule has 132 valence electrons. The van der Waals surface area contributed by atoms with Crippen LogP contribution in [0.4, 0.5) is 0 Å². The largest absolute Gasteiger partial charge is 0.389 e. The number of hydrogen-bond donors (Lipinski definition) is 2. The Morgan fingerprint density at radius 1 is 1.50 bits per heavy atom. The van der Waals surface area contributed by atoms with Gasteiger partial charge in [-0.3, -0.25) is 14.5 Å². The lowest BCUT2D eigenvalue weighted by Gasteiger charge is -2.45. The summed E-state index contributed by atoms with van der Waals surface area (Å²) in [6, 6.07) is 3.68. The van der Waals surface area contributed by atoms with E-state index in [9.17, 15) is 14.7 Å². The molecule has 6 nitrogen and oxygen atoms in total. The van der Waals surface area contributed by atoms with E-state index in [1.54, 1.807) is 23.3 Å². The molecule has 2 heterocycles. The van der Waals surface area contributed by atoms with Gasteiger partial charge in [-0.1, -0.05) is 6.07 Å². The summed E-state index contributed by atoms with van der Waals surface area (Å²) >= 11 is 1.58. The minimum Gasteiger partial charge on any atom is -0.389 e. The molecule has 1 aliphatic carbocycles. The van der Waals surface area contributed by atoms with E-state index < -0.39 is 6.10 Å². The fourth-order valence-electron chi connectivity index (χ4n) is 3.77. The number of rotatable bonds is 4. The van der Waals surface area contributed by atoms with Crippen molar-refractivity contribution in [1.82, 2.24) is 15.1 Å². The molecule has 1 saturated carbocycles. The Kier molecular flexibility index (Phi) is 5.53. The first-order valence-corrected chi connectivity index (χ1v) is 9.41. The number of nitrogens with one attached hydrogen (secondary N) is 1. The van der Waals surface area contributed by atoms with Gasteiger partial charge in [0.25, 0.3) is 0 Å². The van der Waals surface area contributed by atoms with Gasteiger partial charge in [-0.15, -0.1) is 11.3 Å². The minimum atomic E-state index is -0.609. The summed E-state index contributed by atoms with van der Waals surface area (Å²) in [5.74, 6) is 0.0521. The summed E-state index contributed by atoms with van der Waals surface area (Å²) in [5, 5.41) is 15.6. The van der Waals surface area contributed by atoms with Crippen LogP contribution in [0.25, 0.3) is 0 Å². The number of nitrogens with zero attached hydrogens (tertiary/aromatic N) is 2. The molecular formula is C17H25N3O3S. The first-order valence-electron chi connectivity index (χ1n) is 8.53. The highest BCUT2D eigenvalue weighted by atomic mass is 32.1. The molecule has 2 fully saturated rings. The average molecular weight is 351 g/mol. The second-order valence-corrected chi connectivity index (χ2v) is 7.67. The maximum Gasteiger partial charge on any atom is 0.234 e. The molecule has 2 aliphatic rings. The number of piperazine rings is 1. The molecule has 1 aromatic rings. The molecule has 0 unspecified atom stereocenters. The van der Waals surface area contributed by atoms with Gasteiger partial charge in [0.15, 0.2) is 0 Å². The maximum atomic E-state index is 12.5. The zero-order valence-electron chi connectivity index (χ0n) is 14.0. The quantitative estimate of drug-likeness (QED) is 0.827. The van der Waals surface area contributed by atoms with Crippen molar-refractivity contribution >= 4 is 23.2 Å². The van der Waals surface area contributed by atoms with E-state index in [0.717, 1.165) is 30.7 Å². The summed E-state index contributed by atoms with van der Waals surface area (Å²) in [4.78, 5) is 29.0. The fraction of sp³-hybridized carbons (Fsp3) is 0.647. The van der Waals surface area contributed by atoms with Crippen molar-refractivity contribution in [3.05, 3.63) is 22.4 Å². The molecule has 2 amide bonds. The van der Waals surface area contributed by atoms with E-state index in [1.165, 1.54) is 0 Å². The highest BCUT2D eigenvalue weighted by Crippen LogP contribution is 2.27. The highest BCUT2D eigenvalue weighted by Gasteiger charge is 2.39. The lowest BCUT2D eigenvalue weighted by Crippen LogP contribution is -2.61. The third kappa shape index (κ3) is 3.79. The van der Waals surface area contributed by atoms with Gasteiger partial charge >= 0.3 is 0 Å². The first kappa shape index (κ1) is 17.4. The SMILES string of the molecule is CN(C(=O)Cc1cccs1)[C@@H]1CCC[C@@H](N2CCNC(=O)C2)[C@@H]1O. The Morgan fingerprint density at radius 2 is 2.33 bits per heavy atom. The van der Waals surface area contributed by atoms with Crippen LogP contribution in [0.1, 0.15) is 24.1 Å². The van der Waals surface area contributed by atoms with E-state index in [1.807, 2.05) is 17.5 Å². The summed E-state index contributed by atoms with van der Waals surface area (Å²) in [7, 11) is 1.79. The van der Waals surface area contributed by atoms with E-state index in [0.29, 0.717) is 19.5 Å². The Hall–Kier alpha value is -1.44. The molecule has 24 heavy (non-hydrogen) atoms. The molecule has 1 saturated heterocycles. The minimum absolute atomic E-state index is 0.0118. The van der Waals surface area contributed by atoms with Gasteiger partial charge in [0.2, 0.25) is 11.8 Å². The number of carbonyl (C=O) groups is 2. The third-order valence-electron chi connectivity index (χ3n) is 5.12. The van der Waals surface area contributed by atoms with Crippen molar-refractivity contribution in [2.45, 2.75) is 43.9 Å². The summed E-state index contributed by atoms with van der Waals surface area (Å²) in [6.07, 6.45) is 2.42. The zero-order chi connectivity index (χ0) is 17.1. The van der Waals surface area contributed by atoms with E-state index in [-0.39, 0.29) is 23.9 Å². The van der Waals surface area contributed by atoms with Crippen LogP contribution in [0.15, 0.2) is 17.5 Å². The Morgan fingerprint density at radius 3 is 3.04 bits per heavy atom. The zero-order valence-corrected chi connectivity index (χ0v) is 14.8. The van der Waals surface area contributed by atoms with Crippen LogP contribution in [0.3, 0.4) is 0 Å². The predicted molar refractivity (Wildman–Crippen MR) is 92.8 cm³/mol. The summed E-state index contributed by atoms with van der Waals surface area (Å²) < 4.78 is 0. The van der Waals surface area contributed by atoms with Gasteiger partial charge in [0.1, 0.15) is 0 Å². The van der Waals surface area contributed by atoms with Crippen LogP contribution in [-0.2, 0) is 16.0 Å². The van der Waals surface area contributed by atoms with Crippen LogP contribution < -0.4 is 5.32 Å². The number of thiophene rings is 1. The van der Waals surface area contributed by atoms with Crippen LogP contribution in [0.2, 0.25) is 0 Å². The number of likely N-dealkylation sites (N-methyl/N-ethyl adjacent to an activating group) is 1. The second-order valence-electron chi connectivity index (χ2n) is 6.64. The fourth-order valence-corrected chi connectivity index (χ4v) is 4.46. The molecule has 0 bridgehead atoms. The second kappa shape index (κ2) is 7.63. The van der Waals surface area contributed by atoms with Crippen molar-refractivity contribution in [2.75, 3.05) is 26.7 Å². The van der Waals surface area contributed by atoms with Gasteiger partial charge in [-0.25, -0.2) is 0 Å². The highest BCUT2D eigenvalue weighted by molar-refractivity contribution is 7.10. The van der Waals surface area contributed by atoms with Gasteiger partial charge in [-0.2, -0.15) is 0 Å². The van der Waals surface area contributed by atoms with Crippen LogP contribution in [0, 0.1) is 0 Å². The predicted octanol–water partition coefficient (Wildman–Crippen LogP) is 0.463. The van der Waals surface area contributed by atoms with Crippen molar-refractivity contribution in [1.29, 1.82) is 0 Å². The lowest BCUT2D eigenvalue weighted by molar-refractivity contribution is -0.138. The van der Waals surface area contributed by atoms with E-state index in [2.05, 4.69) is 10.2 Å². The topological polar surface area (TPSA) is 72.9 Å². The van der Waals surface area contributed by atoms with Crippen molar-refractivity contribution in [3.63, 3.8) is 0 Å². The van der Waals surface area contributed by atoms with E-state index in [4.69, 9.17) is 0 Å². The molecule has 0 aromatic carbocycles. The Bertz CT molecular complexity index is 578. The Balaban J connectivity index is 1.64. The third-order valence-corrected chi connectivity index (χ3v) is 6.00. The van der Waals surface area contributed by atoms with Gasteiger partial charge in [-0.05, 0) is 30.7 Å². The van der Waals surface area contributed by atoms with Crippen LogP contribution in [-0.4, -0.2) is 71.6 Å². The maximum absolute atomic E-state index is 12.5. The summed E-state index contributed by atoms with van der Waals surface area (Å²) in [5.41, 5.74) is 0.